The maximum absolute atomic E-state index is 5.65. The molecular formula is C13H26O. The standard InChI is InChI=1S/C13H26O/c1-4-7-8-11(5-2)9-13-12(6-3)10-14-13/h11-13H,4-10H2,1-3H3. The van der Waals surface area contributed by atoms with Crippen molar-refractivity contribution in [3.05, 3.63) is 0 Å². The highest BCUT2D eigenvalue weighted by Crippen LogP contribution is 2.31. The third kappa shape index (κ3) is 3.27. The van der Waals surface area contributed by atoms with Gasteiger partial charge in [0.1, 0.15) is 0 Å². The van der Waals surface area contributed by atoms with Gasteiger partial charge in [0, 0.05) is 5.92 Å². The van der Waals surface area contributed by atoms with Crippen LogP contribution in [0.1, 0.15) is 59.3 Å². The SMILES string of the molecule is CCCCC(CC)CC1OCC1CC. The molecular weight excluding hydrogens is 172 g/mol. The molecule has 0 aromatic carbocycles. The van der Waals surface area contributed by atoms with Crippen LogP contribution in [-0.2, 0) is 4.74 Å². The van der Waals surface area contributed by atoms with E-state index < -0.39 is 0 Å². The minimum atomic E-state index is 0.599. The maximum Gasteiger partial charge on any atom is 0.0627 e. The first-order valence-corrected chi connectivity index (χ1v) is 6.43. The van der Waals surface area contributed by atoms with Gasteiger partial charge in [-0.15, -0.1) is 0 Å². The lowest BCUT2D eigenvalue weighted by molar-refractivity contribution is -0.125. The van der Waals surface area contributed by atoms with E-state index in [1.165, 1.54) is 38.5 Å². The first-order chi connectivity index (χ1) is 6.81. The lowest BCUT2D eigenvalue weighted by Crippen LogP contribution is -2.40. The van der Waals surface area contributed by atoms with Crippen LogP contribution in [0.25, 0.3) is 0 Å². The molecule has 3 unspecified atom stereocenters. The van der Waals surface area contributed by atoms with Crippen molar-refractivity contribution in [1.29, 1.82) is 0 Å². The third-order valence-electron chi connectivity index (χ3n) is 3.68. The van der Waals surface area contributed by atoms with E-state index in [2.05, 4.69) is 20.8 Å². The summed E-state index contributed by atoms with van der Waals surface area (Å²) in [4.78, 5) is 0. The van der Waals surface area contributed by atoms with Gasteiger partial charge in [-0.25, -0.2) is 0 Å². The molecule has 1 aliphatic rings. The number of hydrogen-bond donors (Lipinski definition) is 0. The van der Waals surface area contributed by atoms with Crippen LogP contribution < -0.4 is 0 Å². The molecule has 0 bridgehead atoms. The van der Waals surface area contributed by atoms with E-state index in [9.17, 15) is 0 Å². The van der Waals surface area contributed by atoms with E-state index in [1.54, 1.807) is 0 Å². The molecule has 1 fully saturated rings. The van der Waals surface area contributed by atoms with Gasteiger partial charge >= 0.3 is 0 Å². The summed E-state index contributed by atoms with van der Waals surface area (Å²) < 4.78 is 5.65. The molecule has 0 radical (unpaired) electrons. The summed E-state index contributed by atoms with van der Waals surface area (Å²) in [7, 11) is 0. The van der Waals surface area contributed by atoms with Gasteiger partial charge in [-0.05, 0) is 18.8 Å². The van der Waals surface area contributed by atoms with Gasteiger partial charge in [0.05, 0.1) is 12.7 Å². The summed E-state index contributed by atoms with van der Waals surface area (Å²) in [5, 5.41) is 0. The Labute approximate surface area is 89.2 Å². The summed E-state index contributed by atoms with van der Waals surface area (Å²) in [6.45, 7) is 7.90. The van der Waals surface area contributed by atoms with Gasteiger partial charge in [0.15, 0.2) is 0 Å². The van der Waals surface area contributed by atoms with Crippen molar-refractivity contribution in [3.8, 4) is 0 Å². The van der Waals surface area contributed by atoms with Gasteiger partial charge in [0.25, 0.3) is 0 Å². The van der Waals surface area contributed by atoms with Crippen molar-refractivity contribution in [1.82, 2.24) is 0 Å². The molecule has 0 aliphatic carbocycles. The predicted molar refractivity (Wildman–Crippen MR) is 61.4 cm³/mol. The maximum atomic E-state index is 5.65. The van der Waals surface area contributed by atoms with E-state index >= 15 is 0 Å². The molecule has 0 amide bonds. The number of rotatable bonds is 7. The molecule has 1 nitrogen and oxygen atoms in total. The fourth-order valence-electron chi connectivity index (χ4n) is 2.32. The Balaban J connectivity index is 2.18. The van der Waals surface area contributed by atoms with Gasteiger partial charge in [-0.2, -0.15) is 0 Å². The monoisotopic (exact) mass is 198 g/mol. The lowest BCUT2D eigenvalue weighted by Gasteiger charge is -2.38. The van der Waals surface area contributed by atoms with Crippen molar-refractivity contribution in [2.45, 2.75) is 65.4 Å². The molecule has 84 valence electrons. The Morgan fingerprint density at radius 3 is 2.50 bits per heavy atom. The summed E-state index contributed by atoms with van der Waals surface area (Å²) in [5.74, 6) is 1.78. The van der Waals surface area contributed by atoms with Crippen molar-refractivity contribution in [3.63, 3.8) is 0 Å². The minimum absolute atomic E-state index is 0.599. The summed E-state index contributed by atoms with van der Waals surface area (Å²) in [5.41, 5.74) is 0. The van der Waals surface area contributed by atoms with Crippen LogP contribution in [0.2, 0.25) is 0 Å². The second kappa shape index (κ2) is 6.44. The number of ether oxygens (including phenoxy) is 1. The zero-order chi connectivity index (χ0) is 10.4. The molecule has 1 heterocycles. The summed E-state index contributed by atoms with van der Waals surface area (Å²) >= 11 is 0. The molecule has 0 spiro atoms. The second-order valence-electron chi connectivity index (χ2n) is 4.69. The smallest absolute Gasteiger partial charge is 0.0627 e. The third-order valence-corrected chi connectivity index (χ3v) is 3.68. The summed E-state index contributed by atoms with van der Waals surface area (Å²) in [6.07, 6.45) is 8.67. The van der Waals surface area contributed by atoms with Crippen LogP contribution >= 0.6 is 0 Å². The molecule has 1 saturated heterocycles. The fraction of sp³-hybridized carbons (Fsp3) is 1.00. The molecule has 0 saturated carbocycles. The van der Waals surface area contributed by atoms with Crippen LogP contribution in [0, 0.1) is 11.8 Å². The molecule has 1 rings (SSSR count). The Morgan fingerprint density at radius 1 is 1.29 bits per heavy atom. The van der Waals surface area contributed by atoms with Gasteiger partial charge in [0.2, 0.25) is 0 Å². The van der Waals surface area contributed by atoms with Crippen LogP contribution in [0.4, 0.5) is 0 Å². The summed E-state index contributed by atoms with van der Waals surface area (Å²) in [6, 6.07) is 0. The van der Waals surface area contributed by atoms with Crippen LogP contribution in [0.15, 0.2) is 0 Å². The van der Waals surface area contributed by atoms with E-state index in [0.29, 0.717) is 6.10 Å². The highest BCUT2D eigenvalue weighted by molar-refractivity contribution is 4.79. The normalized spacial score (nSPS) is 28.5. The van der Waals surface area contributed by atoms with Gasteiger partial charge in [-0.1, -0.05) is 46.5 Å². The first-order valence-electron chi connectivity index (χ1n) is 6.43. The van der Waals surface area contributed by atoms with Gasteiger partial charge in [-0.3, -0.25) is 0 Å². The van der Waals surface area contributed by atoms with Crippen molar-refractivity contribution in [2.75, 3.05) is 6.61 Å². The molecule has 3 atom stereocenters. The average molecular weight is 198 g/mol. The molecule has 0 aromatic heterocycles. The van der Waals surface area contributed by atoms with E-state index in [-0.39, 0.29) is 0 Å². The van der Waals surface area contributed by atoms with E-state index in [0.717, 1.165) is 18.4 Å². The van der Waals surface area contributed by atoms with E-state index in [1.807, 2.05) is 0 Å². The first kappa shape index (κ1) is 12.0. The minimum Gasteiger partial charge on any atom is -0.377 e. The lowest BCUT2D eigenvalue weighted by atomic mass is 9.84. The van der Waals surface area contributed by atoms with Crippen molar-refractivity contribution >= 4 is 0 Å². The Hall–Kier alpha value is -0.0400. The highest BCUT2D eigenvalue weighted by Gasteiger charge is 2.31. The zero-order valence-electron chi connectivity index (χ0n) is 10.1. The number of hydrogen-bond acceptors (Lipinski definition) is 1. The second-order valence-corrected chi connectivity index (χ2v) is 4.69. The van der Waals surface area contributed by atoms with Crippen LogP contribution in [-0.4, -0.2) is 12.7 Å². The Morgan fingerprint density at radius 2 is 2.07 bits per heavy atom. The van der Waals surface area contributed by atoms with Gasteiger partial charge < -0.3 is 4.74 Å². The Kier molecular flexibility index (Phi) is 5.54. The largest absolute Gasteiger partial charge is 0.377 e. The van der Waals surface area contributed by atoms with Crippen LogP contribution in [0.5, 0.6) is 0 Å². The zero-order valence-corrected chi connectivity index (χ0v) is 10.1. The average Bonchev–Trinajstić information content (AvgIpc) is 2.17. The number of unbranched alkanes of at least 4 members (excludes halogenated alkanes) is 1. The molecule has 1 heteroatoms. The molecule has 0 aromatic rings. The van der Waals surface area contributed by atoms with E-state index in [4.69, 9.17) is 4.74 Å². The molecule has 0 N–H and O–H groups in total. The molecule has 1 aliphatic heterocycles. The predicted octanol–water partition coefficient (Wildman–Crippen LogP) is 4.02. The quantitative estimate of drug-likeness (QED) is 0.600. The Bertz CT molecular complexity index is 142. The topological polar surface area (TPSA) is 9.23 Å². The van der Waals surface area contributed by atoms with Crippen molar-refractivity contribution < 1.29 is 4.74 Å². The van der Waals surface area contributed by atoms with Crippen LogP contribution in [0.3, 0.4) is 0 Å². The fourth-order valence-corrected chi connectivity index (χ4v) is 2.32. The highest BCUT2D eigenvalue weighted by atomic mass is 16.5. The molecule has 14 heavy (non-hydrogen) atoms. The van der Waals surface area contributed by atoms with Crippen molar-refractivity contribution in [2.24, 2.45) is 11.8 Å².